The number of hydrogen-bond donors (Lipinski definition) is 0. The molecule has 0 aliphatic heterocycles. The summed E-state index contributed by atoms with van der Waals surface area (Å²) in [5, 5.41) is 0. The predicted molar refractivity (Wildman–Crippen MR) is 98.9 cm³/mol. The Morgan fingerprint density at radius 3 is 1.73 bits per heavy atom. The highest BCUT2D eigenvalue weighted by Gasteiger charge is 2.42. The molecule has 1 fully saturated rings. The van der Waals surface area contributed by atoms with Crippen LogP contribution in [0.2, 0.25) is 0 Å². The first-order valence-electron chi connectivity index (χ1n) is 10.1. The highest BCUT2D eigenvalue weighted by Crippen LogP contribution is 2.41. The molecule has 2 aromatic carbocycles. The van der Waals surface area contributed by atoms with Crippen molar-refractivity contribution < 1.29 is 49.0 Å². The summed E-state index contributed by atoms with van der Waals surface area (Å²) >= 11 is 0. The summed E-state index contributed by atoms with van der Waals surface area (Å²) in [4.78, 5) is 0. The van der Waals surface area contributed by atoms with E-state index in [2.05, 4.69) is 9.47 Å². The molecular formula is C22H19F9O2. The van der Waals surface area contributed by atoms with Crippen molar-refractivity contribution >= 4 is 0 Å². The number of ether oxygens (including phenoxy) is 2. The molecule has 0 N–H and O–H groups in total. The van der Waals surface area contributed by atoms with Gasteiger partial charge < -0.3 is 9.47 Å². The van der Waals surface area contributed by atoms with Gasteiger partial charge in [-0.3, -0.25) is 0 Å². The van der Waals surface area contributed by atoms with E-state index < -0.39 is 52.8 Å². The van der Waals surface area contributed by atoms with Gasteiger partial charge in [-0.2, -0.15) is 8.78 Å². The third-order valence-electron chi connectivity index (χ3n) is 5.69. The molecule has 2 nitrogen and oxygen atoms in total. The molecular weight excluding hydrogens is 467 g/mol. The van der Waals surface area contributed by atoms with Crippen LogP contribution in [0.15, 0.2) is 24.3 Å². The number of alkyl halides is 5. The van der Waals surface area contributed by atoms with Crippen LogP contribution in [0.5, 0.6) is 11.5 Å². The van der Waals surface area contributed by atoms with Crippen molar-refractivity contribution in [1.82, 2.24) is 0 Å². The van der Waals surface area contributed by atoms with Crippen LogP contribution in [0.4, 0.5) is 39.5 Å². The molecule has 0 aromatic heterocycles. The summed E-state index contributed by atoms with van der Waals surface area (Å²) in [6.45, 7) is 2.04. The maximum Gasteiger partial charge on any atom is 0.573 e. The fraction of sp³-hybridized carbons (Fsp3) is 0.455. The Morgan fingerprint density at radius 1 is 0.758 bits per heavy atom. The Kier molecular flexibility index (Phi) is 7.09. The molecule has 0 unspecified atom stereocenters. The van der Waals surface area contributed by atoms with Crippen LogP contribution in [0.3, 0.4) is 0 Å². The molecule has 33 heavy (non-hydrogen) atoms. The molecule has 0 spiro atoms. The summed E-state index contributed by atoms with van der Waals surface area (Å²) in [7, 11) is 0. The van der Waals surface area contributed by atoms with E-state index in [0.717, 1.165) is 31.4 Å². The zero-order valence-electron chi connectivity index (χ0n) is 17.2. The Labute approximate surface area is 183 Å². The third kappa shape index (κ3) is 5.86. The van der Waals surface area contributed by atoms with Gasteiger partial charge in [0.15, 0.2) is 11.6 Å². The lowest BCUT2D eigenvalue weighted by atomic mass is 9.77. The second-order valence-corrected chi connectivity index (χ2v) is 7.87. The second-order valence-electron chi connectivity index (χ2n) is 7.87. The first kappa shape index (κ1) is 25.0. The van der Waals surface area contributed by atoms with Gasteiger partial charge in [-0.15, -0.1) is 13.2 Å². The summed E-state index contributed by atoms with van der Waals surface area (Å²) in [5.74, 6) is -10.1. The lowest BCUT2D eigenvalue weighted by molar-refractivity contribution is -0.276. The van der Waals surface area contributed by atoms with Crippen molar-refractivity contribution in [2.45, 2.75) is 57.4 Å². The van der Waals surface area contributed by atoms with Crippen LogP contribution in [0.25, 0.3) is 0 Å². The minimum absolute atomic E-state index is 0.0194. The number of rotatable bonds is 6. The molecule has 0 bridgehead atoms. The van der Waals surface area contributed by atoms with E-state index >= 15 is 0 Å². The summed E-state index contributed by atoms with van der Waals surface area (Å²) < 4.78 is 129. The van der Waals surface area contributed by atoms with Crippen LogP contribution in [-0.2, 0) is 6.11 Å². The zero-order chi connectivity index (χ0) is 24.6. The van der Waals surface area contributed by atoms with Gasteiger partial charge in [0, 0.05) is 12.1 Å². The van der Waals surface area contributed by atoms with Crippen LogP contribution in [0.1, 0.15) is 56.1 Å². The van der Waals surface area contributed by atoms with E-state index in [-0.39, 0.29) is 23.6 Å². The van der Waals surface area contributed by atoms with E-state index in [1.54, 1.807) is 0 Å². The molecule has 1 aliphatic carbocycles. The normalized spacial score (nSPS) is 19.5. The van der Waals surface area contributed by atoms with Crippen LogP contribution in [-0.4, -0.2) is 6.36 Å². The van der Waals surface area contributed by atoms with Crippen molar-refractivity contribution in [2.75, 3.05) is 0 Å². The summed E-state index contributed by atoms with van der Waals surface area (Å²) in [5.41, 5.74) is -1.57. The van der Waals surface area contributed by atoms with Crippen molar-refractivity contribution in [3.63, 3.8) is 0 Å². The molecule has 0 heterocycles. The Morgan fingerprint density at radius 2 is 1.27 bits per heavy atom. The monoisotopic (exact) mass is 486 g/mol. The highest BCUT2D eigenvalue weighted by atomic mass is 19.4. The fourth-order valence-electron chi connectivity index (χ4n) is 4.02. The summed E-state index contributed by atoms with van der Waals surface area (Å²) in [6, 6.07) is 1.50. The lowest BCUT2D eigenvalue weighted by Gasteiger charge is -2.28. The van der Waals surface area contributed by atoms with Gasteiger partial charge in [-0.05, 0) is 55.2 Å². The fourth-order valence-corrected chi connectivity index (χ4v) is 4.02. The zero-order valence-corrected chi connectivity index (χ0v) is 17.2. The number of hydrogen-bond acceptors (Lipinski definition) is 2. The number of halogens is 9. The largest absolute Gasteiger partial charge is 0.573 e. The topological polar surface area (TPSA) is 18.5 Å². The van der Waals surface area contributed by atoms with Crippen molar-refractivity contribution in [2.24, 2.45) is 5.92 Å². The standard InChI is InChI=1S/C22H19F9O2/c1-2-11-3-5-12(6-4-11)13-7-15(23)19(16(24)8-13)21(27,28)32-14-9-17(25)20(18(26)10-14)33-22(29,30)31/h7-12H,2-6H2,1H3/t11-,12-. The maximum absolute atomic E-state index is 14.5. The minimum Gasteiger partial charge on any atom is -0.429 e. The molecule has 11 heteroatoms. The van der Waals surface area contributed by atoms with E-state index in [9.17, 15) is 39.5 Å². The molecule has 3 rings (SSSR count). The molecule has 1 saturated carbocycles. The SMILES string of the molecule is CC[C@H]1CC[C@H](c2cc(F)c(C(F)(F)Oc3cc(F)c(OC(F)(F)F)c(F)c3)c(F)c2)CC1. The van der Waals surface area contributed by atoms with Gasteiger partial charge in [-0.1, -0.05) is 13.3 Å². The third-order valence-corrected chi connectivity index (χ3v) is 5.69. The van der Waals surface area contributed by atoms with E-state index in [1.807, 2.05) is 6.92 Å². The van der Waals surface area contributed by atoms with Crippen LogP contribution < -0.4 is 9.47 Å². The molecule has 182 valence electrons. The molecule has 2 aromatic rings. The van der Waals surface area contributed by atoms with Crippen LogP contribution >= 0.6 is 0 Å². The predicted octanol–water partition coefficient (Wildman–Crippen LogP) is 7.95. The second kappa shape index (κ2) is 9.34. The maximum atomic E-state index is 14.5. The minimum atomic E-state index is -5.45. The molecule has 0 radical (unpaired) electrons. The highest BCUT2D eigenvalue weighted by molar-refractivity contribution is 5.37. The van der Waals surface area contributed by atoms with Crippen molar-refractivity contribution in [1.29, 1.82) is 0 Å². The van der Waals surface area contributed by atoms with Crippen molar-refractivity contribution in [3.05, 3.63) is 58.7 Å². The Bertz CT molecular complexity index is 950. The van der Waals surface area contributed by atoms with Gasteiger partial charge >= 0.3 is 12.5 Å². The molecule has 0 atom stereocenters. The smallest absolute Gasteiger partial charge is 0.429 e. The van der Waals surface area contributed by atoms with Gasteiger partial charge in [0.25, 0.3) is 0 Å². The van der Waals surface area contributed by atoms with Crippen LogP contribution in [0, 0.1) is 29.2 Å². The molecule has 1 aliphatic rings. The van der Waals surface area contributed by atoms with E-state index in [1.165, 1.54) is 0 Å². The van der Waals surface area contributed by atoms with E-state index in [0.29, 0.717) is 18.8 Å². The van der Waals surface area contributed by atoms with Gasteiger partial charge in [0.2, 0.25) is 5.75 Å². The quantitative estimate of drug-likeness (QED) is 0.386. The lowest BCUT2D eigenvalue weighted by Crippen LogP contribution is -2.26. The van der Waals surface area contributed by atoms with E-state index in [4.69, 9.17) is 0 Å². The Balaban J connectivity index is 1.84. The Hall–Kier alpha value is -2.59. The van der Waals surface area contributed by atoms with Gasteiger partial charge in [-0.25, -0.2) is 17.6 Å². The van der Waals surface area contributed by atoms with Gasteiger partial charge in [0.1, 0.15) is 22.9 Å². The van der Waals surface area contributed by atoms with Crippen molar-refractivity contribution in [3.8, 4) is 11.5 Å². The summed E-state index contributed by atoms with van der Waals surface area (Å²) in [6.07, 6.45) is -6.21. The number of benzene rings is 2. The average Bonchev–Trinajstić information content (AvgIpc) is 2.69. The molecule has 0 amide bonds. The first-order chi connectivity index (χ1) is 15.3. The van der Waals surface area contributed by atoms with Gasteiger partial charge in [0.05, 0.1) is 0 Å². The molecule has 0 saturated heterocycles. The first-order valence-corrected chi connectivity index (χ1v) is 10.1. The average molecular weight is 486 g/mol.